The number of aromatic nitrogens is 1. The quantitative estimate of drug-likeness (QED) is 0.850. The molecule has 0 spiro atoms. The summed E-state index contributed by atoms with van der Waals surface area (Å²) in [4.78, 5) is 6.43. The average molecular weight is 280 g/mol. The molecular weight excluding hydrogens is 252 g/mol. The lowest BCUT2D eigenvalue weighted by atomic mass is 10.1. The smallest absolute Gasteiger partial charge is 0.0962 e. The minimum Gasteiger partial charge on any atom is -0.307 e. The van der Waals surface area contributed by atoms with Crippen molar-refractivity contribution >= 4 is 11.3 Å². The maximum atomic E-state index is 4.96. The van der Waals surface area contributed by atoms with E-state index in [0.717, 1.165) is 18.9 Å². The predicted octanol–water partition coefficient (Wildman–Crippen LogP) is 4.64. The Balaban J connectivity index is 2.10. The van der Waals surface area contributed by atoms with Crippen LogP contribution >= 0.6 is 11.3 Å². The van der Waals surface area contributed by atoms with Crippen LogP contribution in [-0.4, -0.2) is 10.5 Å². The van der Waals surface area contributed by atoms with Crippen LogP contribution in [0.4, 0.5) is 0 Å². The SMILES string of the molecule is CCCc1nc(C2CCCC2)sc1CNC(C)(C)C. The van der Waals surface area contributed by atoms with Crippen molar-refractivity contribution in [3.63, 3.8) is 0 Å². The molecule has 0 aromatic carbocycles. The molecule has 2 rings (SSSR count). The fourth-order valence-electron chi connectivity index (χ4n) is 2.67. The highest BCUT2D eigenvalue weighted by Crippen LogP contribution is 2.37. The van der Waals surface area contributed by atoms with Crippen LogP contribution in [0.15, 0.2) is 0 Å². The van der Waals surface area contributed by atoms with E-state index in [2.05, 4.69) is 33.0 Å². The van der Waals surface area contributed by atoms with Crippen LogP contribution in [-0.2, 0) is 13.0 Å². The molecule has 0 aliphatic heterocycles. The van der Waals surface area contributed by atoms with E-state index in [0.29, 0.717) is 0 Å². The van der Waals surface area contributed by atoms with Gasteiger partial charge in [0.2, 0.25) is 0 Å². The second kappa shape index (κ2) is 6.36. The number of nitrogens with zero attached hydrogens (tertiary/aromatic N) is 1. The first kappa shape index (κ1) is 15.0. The summed E-state index contributed by atoms with van der Waals surface area (Å²) in [7, 11) is 0. The van der Waals surface area contributed by atoms with Crippen molar-refractivity contribution in [3.8, 4) is 0 Å². The van der Waals surface area contributed by atoms with Gasteiger partial charge in [-0.3, -0.25) is 0 Å². The number of hydrogen-bond donors (Lipinski definition) is 1. The first-order valence-corrected chi connectivity index (χ1v) is 8.54. The Kier molecular flexibility index (Phi) is 5.02. The molecule has 19 heavy (non-hydrogen) atoms. The van der Waals surface area contributed by atoms with Crippen LogP contribution in [0.1, 0.15) is 81.3 Å². The molecule has 1 saturated carbocycles. The minimum absolute atomic E-state index is 0.182. The molecule has 1 aliphatic rings. The highest BCUT2D eigenvalue weighted by molar-refractivity contribution is 7.11. The molecule has 0 saturated heterocycles. The third-order valence-corrected chi connectivity index (χ3v) is 5.03. The summed E-state index contributed by atoms with van der Waals surface area (Å²) in [6, 6.07) is 0. The van der Waals surface area contributed by atoms with E-state index in [1.165, 1.54) is 47.7 Å². The number of aryl methyl sites for hydroxylation is 1. The Morgan fingerprint density at radius 3 is 2.53 bits per heavy atom. The summed E-state index contributed by atoms with van der Waals surface area (Å²) in [5.41, 5.74) is 1.53. The molecule has 0 atom stereocenters. The molecule has 0 amide bonds. The van der Waals surface area contributed by atoms with E-state index >= 15 is 0 Å². The van der Waals surface area contributed by atoms with Crippen LogP contribution < -0.4 is 5.32 Å². The molecule has 1 aliphatic carbocycles. The maximum Gasteiger partial charge on any atom is 0.0962 e. The van der Waals surface area contributed by atoms with E-state index in [4.69, 9.17) is 4.98 Å². The van der Waals surface area contributed by atoms with Crippen LogP contribution in [0, 0.1) is 0 Å². The fraction of sp³-hybridized carbons (Fsp3) is 0.812. The molecule has 2 nitrogen and oxygen atoms in total. The van der Waals surface area contributed by atoms with Crippen molar-refractivity contribution < 1.29 is 0 Å². The summed E-state index contributed by atoms with van der Waals surface area (Å²) in [6.45, 7) is 9.90. The minimum atomic E-state index is 0.182. The molecule has 1 aromatic rings. The van der Waals surface area contributed by atoms with Gasteiger partial charge in [-0.15, -0.1) is 11.3 Å². The lowest BCUT2D eigenvalue weighted by Crippen LogP contribution is -2.35. The monoisotopic (exact) mass is 280 g/mol. The van der Waals surface area contributed by atoms with Crippen molar-refractivity contribution in [1.82, 2.24) is 10.3 Å². The molecule has 108 valence electrons. The van der Waals surface area contributed by atoms with Crippen LogP contribution in [0.2, 0.25) is 0 Å². The van der Waals surface area contributed by atoms with E-state index in [9.17, 15) is 0 Å². The van der Waals surface area contributed by atoms with Crippen molar-refractivity contribution in [2.75, 3.05) is 0 Å². The number of nitrogens with one attached hydrogen (secondary N) is 1. The van der Waals surface area contributed by atoms with Gasteiger partial charge in [0.15, 0.2) is 0 Å². The first-order valence-electron chi connectivity index (χ1n) is 7.73. The molecule has 0 radical (unpaired) electrons. The zero-order valence-corrected chi connectivity index (χ0v) is 13.7. The first-order chi connectivity index (χ1) is 8.99. The van der Waals surface area contributed by atoms with Gasteiger partial charge in [-0.25, -0.2) is 4.98 Å². The lowest BCUT2D eigenvalue weighted by Gasteiger charge is -2.20. The van der Waals surface area contributed by atoms with Gasteiger partial charge in [0.1, 0.15) is 0 Å². The number of thiazole rings is 1. The highest BCUT2D eigenvalue weighted by atomic mass is 32.1. The Morgan fingerprint density at radius 1 is 1.26 bits per heavy atom. The summed E-state index contributed by atoms with van der Waals surface area (Å²) in [5, 5.41) is 5.02. The Labute approximate surface area is 122 Å². The van der Waals surface area contributed by atoms with Gasteiger partial charge >= 0.3 is 0 Å². The van der Waals surface area contributed by atoms with E-state index in [1.54, 1.807) is 0 Å². The molecular formula is C16H28N2S. The van der Waals surface area contributed by atoms with Gasteiger partial charge in [0.25, 0.3) is 0 Å². The average Bonchev–Trinajstić information content (AvgIpc) is 2.94. The second-order valence-electron chi connectivity index (χ2n) is 6.76. The predicted molar refractivity (Wildman–Crippen MR) is 83.9 cm³/mol. The third kappa shape index (κ3) is 4.28. The van der Waals surface area contributed by atoms with Crippen molar-refractivity contribution in [2.24, 2.45) is 0 Å². The van der Waals surface area contributed by atoms with Gasteiger partial charge in [-0.05, 0) is 40.0 Å². The fourth-order valence-corrected chi connectivity index (χ4v) is 3.89. The maximum absolute atomic E-state index is 4.96. The van der Waals surface area contributed by atoms with Crippen LogP contribution in [0.5, 0.6) is 0 Å². The third-order valence-electron chi connectivity index (χ3n) is 3.77. The number of rotatable bonds is 5. The van der Waals surface area contributed by atoms with Gasteiger partial charge < -0.3 is 5.32 Å². The van der Waals surface area contributed by atoms with Crippen molar-refractivity contribution in [3.05, 3.63) is 15.6 Å². The van der Waals surface area contributed by atoms with Crippen LogP contribution in [0.25, 0.3) is 0 Å². The molecule has 0 bridgehead atoms. The molecule has 1 aromatic heterocycles. The zero-order chi connectivity index (χ0) is 13.9. The highest BCUT2D eigenvalue weighted by Gasteiger charge is 2.22. The Hall–Kier alpha value is -0.410. The van der Waals surface area contributed by atoms with E-state index in [-0.39, 0.29) is 5.54 Å². The molecule has 3 heteroatoms. The van der Waals surface area contributed by atoms with Gasteiger partial charge in [0.05, 0.1) is 10.7 Å². The van der Waals surface area contributed by atoms with E-state index < -0.39 is 0 Å². The molecule has 1 fully saturated rings. The van der Waals surface area contributed by atoms with Crippen molar-refractivity contribution in [1.29, 1.82) is 0 Å². The van der Waals surface area contributed by atoms with Gasteiger partial charge in [0, 0.05) is 22.9 Å². The van der Waals surface area contributed by atoms with Gasteiger partial charge in [-0.1, -0.05) is 26.2 Å². The van der Waals surface area contributed by atoms with Crippen LogP contribution in [0.3, 0.4) is 0 Å². The Morgan fingerprint density at radius 2 is 1.95 bits per heavy atom. The largest absolute Gasteiger partial charge is 0.307 e. The number of hydrogen-bond acceptors (Lipinski definition) is 3. The molecule has 1 heterocycles. The zero-order valence-electron chi connectivity index (χ0n) is 12.9. The van der Waals surface area contributed by atoms with Gasteiger partial charge in [-0.2, -0.15) is 0 Å². The summed E-state index contributed by atoms with van der Waals surface area (Å²) in [6.07, 6.45) is 7.81. The van der Waals surface area contributed by atoms with E-state index in [1.807, 2.05) is 11.3 Å². The second-order valence-corrected chi connectivity index (χ2v) is 7.87. The molecule has 1 N–H and O–H groups in total. The summed E-state index contributed by atoms with van der Waals surface area (Å²) >= 11 is 1.96. The Bertz CT molecular complexity index is 397. The lowest BCUT2D eigenvalue weighted by molar-refractivity contribution is 0.425. The molecule has 0 unspecified atom stereocenters. The standard InChI is InChI=1S/C16H28N2S/c1-5-8-13-14(11-17-16(2,3)4)19-15(18-13)12-9-6-7-10-12/h12,17H,5-11H2,1-4H3. The van der Waals surface area contributed by atoms with Crippen molar-refractivity contribution in [2.45, 2.75) is 84.2 Å². The topological polar surface area (TPSA) is 24.9 Å². The summed E-state index contributed by atoms with van der Waals surface area (Å²) in [5.74, 6) is 0.754. The summed E-state index contributed by atoms with van der Waals surface area (Å²) < 4.78 is 0. The normalized spacial score (nSPS) is 17.3.